The van der Waals surface area contributed by atoms with Crippen molar-refractivity contribution in [2.75, 3.05) is 302 Å². The molecule has 744 valence electrons. The summed E-state index contributed by atoms with van der Waals surface area (Å²) in [6, 6.07) is 0. The summed E-state index contributed by atoms with van der Waals surface area (Å²) in [6.45, 7) is 113. The maximum atomic E-state index is 9.89. The zero-order chi connectivity index (χ0) is 101. The average Bonchev–Trinajstić information content (AvgIpc) is 1.07. The van der Waals surface area contributed by atoms with Crippen molar-refractivity contribution in [3.63, 3.8) is 0 Å². The summed E-state index contributed by atoms with van der Waals surface area (Å²) in [6.07, 6.45) is 51.5. The van der Waals surface area contributed by atoms with Crippen molar-refractivity contribution in [2.45, 2.75) is 249 Å². The van der Waals surface area contributed by atoms with Crippen LogP contribution in [-0.4, -0.2) is 346 Å². The maximum absolute atomic E-state index is 9.89. The van der Waals surface area contributed by atoms with E-state index >= 15 is 0 Å². The summed E-state index contributed by atoms with van der Waals surface area (Å²) in [5, 5.41) is 99.7. The van der Waals surface area contributed by atoms with E-state index in [1.54, 1.807) is 0 Å². The molecule has 0 fully saturated rings. The third-order valence-electron chi connectivity index (χ3n) is 27.5. The summed E-state index contributed by atoms with van der Waals surface area (Å²) >= 11 is 0. The monoisotopic (exact) mass is 1970 g/mol. The summed E-state index contributed by atoms with van der Waals surface area (Å²) in [5.74, 6) is 0. The Bertz CT molecular complexity index is 1300. The van der Waals surface area contributed by atoms with E-state index in [2.05, 4.69) is 329 Å². The zero-order valence-electron chi connectivity index (χ0n) is 89.5. The predicted octanol–water partition coefficient (Wildman–Crippen LogP) is 18.3. The van der Waals surface area contributed by atoms with Crippen molar-refractivity contribution in [1.29, 1.82) is 0 Å². The van der Waals surface area contributed by atoms with Gasteiger partial charge in [-0.15, -0.1) is 0 Å². The van der Waals surface area contributed by atoms with Gasteiger partial charge >= 0.3 is 0 Å². The predicted molar refractivity (Wildman–Crippen MR) is 575 cm³/mol. The molecule has 0 aromatic carbocycles. The molecule has 0 saturated carbocycles. The van der Waals surface area contributed by atoms with Gasteiger partial charge in [-0.05, 0) is 249 Å². The molecule has 0 aromatic heterocycles. The van der Waals surface area contributed by atoms with Gasteiger partial charge in [-0.1, -0.05) is 0 Å². The van der Waals surface area contributed by atoms with Crippen LogP contribution in [0.3, 0.4) is 0 Å². The first-order valence-corrected chi connectivity index (χ1v) is 79.8. The second kappa shape index (κ2) is 109. The molecular formula is C84H216B6F6O12P12. The highest BCUT2D eigenvalue weighted by atomic mass is 31.2. The third-order valence-corrected chi connectivity index (χ3v) is 82.5. The molecule has 120 heavy (non-hydrogen) atoms. The minimum atomic E-state index is -3.17. The molecule has 0 spiro atoms. The maximum Gasteiger partial charge on any atom is 0.121 e. The van der Waals surface area contributed by atoms with Crippen molar-refractivity contribution >= 4 is 132 Å². The van der Waals surface area contributed by atoms with Crippen molar-refractivity contribution in [2.24, 2.45) is 0 Å². The van der Waals surface area contributed by atoms with Gasteiger partial charge in [-0.3, -0.25) is 0 Å². The van der Waals surface area contributed by atoms with Crippen LogP contribution in [0.15, 0.2) is 0 Å². The number of rotatable bonds is 36. The molecule has 0 aliphatic rings. The molecule has 0 amide bonds. The topological polar surface area (TPSA) is 277 Å². The van der Waals surface area contributed by atoms with Crippen LogP contribution in [-0.2, 0) is 0 Å². The van der Waals surface area contributed by atoms with Gasteiger partial charge in [0.1, 0.15) is 44.4 Å². The number of hydrogen-bond donors (Lipinski definition) is 0. The summed E-state index contributed by atoms with van der Waals surface area (Å²) in [5.41, 5.74) is 0. The van der Waals surface area contributed by atoms with Crippen LogP contribution in [0.1, 0.15) is 249 Å². The molecule has 0 rings (SSSR count). The van der Waals surface area contributed by atoms with Crippen LogP contribution in [0, 0.1) is 0 Å². The molecule has 0 aromatic rings. The second-order valence-corrected chi connectivity index (χ2v) is 94.1. The van der Waals surface area contributed by atoms with Gasteiger partial charge < -0.3 is 86.2 Å². The fraction of sp³-hybridized carbons (Fsp3) is 1.00. The Balaban J connectivity index is -0.0000000577. The fourth-order valence-corrected chi connectivity index (χ4v) is 24.1. The van der Waals surface area contributed by atoms with Crippen LogP contribution in [0.25, 0.3) is 0 Å². The molecule has 0 heterocycles. The first kappa shape index (κ1) is 168. The van der Waals surface area contributed by atoms with E-state index in [1.165, 1.54) is 222 Å². The highest BCUT2D eigenvalue weighted by Gasteiger charge is 2.30. The molecule has 12 nitrogen and oxygen atoms in total. The molecular weight excluding hydrogens is 1750 g/mol. The highest BCUT2D eigenvalue weighted by Crippen LogP contribution is 2.59. The molecule has 0 atom stereocenters. The standard InChI is InChI=1S/12C7H18P.6BFO2/c12*1-5-8(4,6-2)7-3;6*2-1(3)4/h12*5-7H2,1-4H3;;;;;;/q12*+1;6*-2. The van der Waals surface area contributed by atoms with Crippen molar-refractivity contribution in [3.8, 4) is 0 Å². The van der Waals surface area contributed by atoms with E-state index in [4.69, 9.17) is 60.3 Å². The zero-order valence-corrected chi connectivity index (χ0v) is 100. The molecule has 0 bridgehead atoms. The Morgan fingerprint density at radius 2 is 0.125 bits per heavy atom. The highest BCUT2D eigenvalue weighted by molar-refractivity contribution is 7.78. The third kappa shape index (κ3) is 143. The normalized spacial score (nSPS) is 10.9. The van der Waals surface area contributed by atoms with Gasteiger partial charge in [0.25, 0.3) is 0 Å². The minimum absolute atomic E-state index is 0.412. The van der Waals surface area contributed by atoms with Crippen LogP contribution < -0.4 is 60.3 Å². The van der Waals surface area contributed by atoms with E-state index in [9.17, 15) is 25.9 Å². The Hall–Kier alpha value is 4.65. The summed E-state index contributed by atoms with van der Waals surface area (Å²) in [7, 11) is -23.9. The van der Waals surface area contributed by atoms with Gasteiger partial charge in [-0.25, -0.2) is 0 Å². The Morgan fingerprint density at radius 1 is 0.108 bits per heavy atom. The van der Waals surface area contributed by atoms with E-state index in [1.807, 2.05) is 0 Å². The van der Waals surface area contributed by atoms with E-state index in [0.29, 0.717) is 0 Å². The van der Waals surface area contributed by atoms with Crippen LogP contribution in [0.5, 0.6) is 0 Å². The lowest BCUT2D eigenvalue weighted by Crippen LogP contribution is -2.39. The average molecular weight is 1970 g/mol. The lowest BCUT2D eigenvalue weighted by atomic mass is 10.3. The van der Waals surface area contributed by atoms with Crippen LogP contribution >= 0.6 is 87.1 Å². The van der Waals surface area contributed by atoms with Gasteiger partial charge in [0.15, 0.2) is 0 Å². The Labute approximate surface area is 763 Å². The minimum Gasteiger partial charge on any atom is -0.867 e. The smallest absolute Gasteiger partial charge is 0.121 e. The molecule has 0 radical (unpaired) electrons. The van der Waals surface area contributed by atoms with Crippen molar-refractivity contribution in [1.82, 2.24) is 0 Å². The van der Waals surface area contributed by atoms with E-state index in [0.717, 1.165) is 0 Å². The quantitative estimate of drug-likeness (QED) is 0.0322. The van der Waals surface area contributed by atoms with Gasteiger partial charge in [0.2, 0.25) is 0 Å². The van der Waals surface area contributed by atoms with E-state index < -0.39 is 132 Å². The van der Waals surface area contributed by atoms with Gasteiger partial charge in [0.05, 0.1) is 222 Å². The first-order chi connectivity index (χ1) is 54.6. The molecule has 0 unspecified atom stereocenters. The van der Waals surface area contributed by atoms with Crippen molar-refractivity contribution in [3.05, 3.63) is 0 Å². The summed E-state index contributed by atoms with van der Waals surface area (Å²) in [4.78, 5) is 0. The fourth-order valence-electron chi connectivity index (χ4n) is 8.05. The Morgan fingerprint density at radius 3 is 0.125 bits per heavy atom. The summed E-state index contributed by atoms with van der Waals surface area (Å²) < 4.78 is 59.3. The molecule has 0 N–H and O–H groups in total. The second-order valence-electron chi connectivity index (χ2n) is 32.5. The van der Waals surface area contributed by atoms with Gasteiger partial charge in [-0.2, -0.15) is 0 Å². The van der Waals surface area contributed by atoms with E-state index in [-0.39, 0.29) is 0 Å². The molecule has 36 heteroatoms. The number of halogens is 6. The largest absolute Gasteiger partial charge is 0.867 e. The first-order valence-electron chi connectivity index (χ1n) is 46.3. The molecule has 0 aliphatic carbocycles. The van der Waals surface area contributed by atoms with Crippen molar-refractivity contribution < 1.29 is 86.2 Å². The lowest BCUT2D eigenvalue weighted by molar-refractivity contribution is -0.368. The molecule has 0 saturated heterocycles. The Kier molecular flexibility index (Phi) is 152. The SMILES string of the molecule is CC[P+](C)(CC)CC.CC[P+](C)(CC)CC.CC[P+](C)(CC)CC.CC[P+](C)(CC)CC.CC[P+](C)(CC)CC.CC[P+](C)(CC)CC.CC[P+](C)(CC)CC.CC[P+](C)(CC)CC.CC[P+](C)(CC)CC.CC[P+](C)(CC)CC.CC[P+](C)(CC)CC.CC[P+](C)(CC)CC.[O-]B([O-])F.[O-]B([O-])F.[O-]B([O-])F.[O-]B([O-])F.[O-]B([O-])F.[O-]B([O-])F. The molecule has 0 aliphatic heterocycles. The van der Waals surface area contributed by atoms with Gasteiger partial charge in [0, 0.05) is 167 Å². The number of hydrogen-bond acceptors (Lipinski definition) is 12. The van der Waals surface area contributed by atoms with Crippen LogP contribution in [0.2, 0.25) is 0 Å². The van der Waals surface area contributed by atoms with Crippen LogP contribution in [0.4, 0.5) is 25.9 Å². The lowest BCUT2D eigenvalue weighted by Gasteiger charge is -2.16.